The maximum atomic E-state index is 11.7. The number of carbonyl (C=O) groups is 1. The number of hydrogen-bond acceptors (Lipinski definition) is 1. The van der Waals surface area contributed by atoms with Crippen molar-refractivity contribution in [2.24, 2.45) is 17.3 Å². The van der Waals surface area contributed by atoms with Crippen molar-refractivity contribution in [3.8, 4) is 0 Å². The molecule has 0 aliphatic heterocycles. The molecule has 1 heteroatoms. The fourth-order valence-corrected chi connectivity index (χ4v) is 3.71. The molecule has 0 bridgehead atoms. The number of allylic oxidation sites excluding steroid dienone is 2. The minimum absolute atomic E-state index is 0.301. The predicted molar refractivity (Wildman–Crippen MR) is 58.0 cm³/mol. The van der Waals surface area contributed by atoms with Crippen LogP contribution >= 0.6 is 0 Å². The second kappa shape index (κ2) is 3.52. The van der Waals surface area contributed by atoms with Crippen LogP contribution in [0.25, 0.3) is 0 Å². The van der Waals surface area contributed by atoms with E-state index in [4.69, 9.17) is 0 Å². The van der Waals surface area contributed by atoms with Crippen LogP contribution in [-0.2, 0) is 4.79 Å². The molecular formula is C13H20O. The van der Waals surface area contributed by atoms with Gasteiger partial charge < -0.3 is 0 Å². The molecule has 1 saturated carbocycles. The van der Waals surface area contributed by atoms with Crippen molar-refractivity contribution < 1.29 is 4.79 Å². The van der Waals surface area contributed by atoms with Crippen LogP contribution in [-0.4, -0.2) is 5.78 Å². The molecule has 0 heterocycles. The van der Waals surface area contributed by atoms with E-state index in [1.54, 1.807) is 6.92 Å². The number of Topliss-reactive ketones (excluding diaryl/α,β-unsaturated/α-hetero) is 1. The van der Waals surface area contributed by atoms with Crippen molar-refractivity contribution in [2.45, 2.75) is 46.0 Å². The van der Waals surface area contributed by atoms with E-state index in [2.05, 4.69) is 19.1 Å². The third-order valence-electron chi connectivity index (χ3n) is 4.19. The smallest absolute Gasteiger partial charge is 0.134 e. The first-order chi connectivity index (χ1) is 6.66. The molecule has 0 unspecified atom stereocenters. The monoisotopic (exact) mass is 192 g/mol. The molecule has 0 aromatic heterocycles. The lowest BCUT2D eigenvalue weighted by Gasteiger charge is -2.41. The Bertz CT molecular complexity index is 258. The van der Waals surface area contributed by atoms with E-state index in [0.717, 1.165) is 6.42 Å². The fraction of sp³-hybridized carbons (Fsp3) is 0.769. The van der Waals surface area contributed by atoms with Crippen molar-refractivity contribution in [1.82, 2.24) is 0 Å². The van der Waals surface area contributed by atoms with Crippen molar-refractivity contribution in [3.05, 3.63) is 12.2 Å². The van der Waals surface area contributed by atoms with Crippen LogP contribution in [0.3, 0.4) is 0 Å². The lowest BCUT2D eigenvalue weighted by atomic mass is 9.62. The SMILES string of the molecule is CC(=O)[C@@H]1[C@H](C)C=CCC12CCCC2. The van der Waals surface area contributed by atoms with Crippen LogP contribution in [0.2, 0.25) is 0 Å². The number of hydrogen-bond donors (Lipinski definition) is 0. The van der Waals surface area contributed by atoms with Crippen molar-refractivity contribution in [1.29, 1.82) is 0 Å². The van der Waals surface area contributed by atoms with E-state index in [1.165, 1.54) is 25.7 Å². The molecule has 78 valence electrons. The van der Waals surface area contributed by atoms with Gasteiger partial charge >= 0.3 is 0 Å². The summed E-state index contributed by atoms with van der Waals surface area (Å²) in [6.07, 6.45) is 10.9. The summed E-state index contributed by atoms with van der Waals surface area (Å²) in [6.45, 7) is 3.97. The van der Waals surface area contributed by atoms with Crippen molar-refractivity contribution >= 4 is 5.78 Å². The molecule has 14 heavy (non-hydrogen) atoms. The van der Waals surface area contributed by atoms with Gasteiger partial charge in [-0.05, 0) is 37.5 Å². The van der Waals surface area contributed by atoms with Gasteiger partial charge in [0.15, 0.2) is 0 Å². The van der Waals surface area contributed by atoms with Gasteiger partial charge in [0.1, 0.15) is 5.78 Å². The average molecular weight is 192 g/mol. The Morgan fingerprint density at radius 1 is 1.36 bits per heavy atom. The predicted octanol–water partition coefficient (Wildman–Crippen LogP) is 3.35. The Morgan fingerprint density at radius 2 is 2.00 bits per heavy atom. The third kappa shape index (κ3) is 1.43. The summed E-state index contributed by atoms with van der Waals surface area (Å²) in [5.74, 6) is 1.16. The van der Waals surface area contributed by atoms with Crippen molar-refractivity contribution in [2.75, 3.05) is 0 Å². The molecule has 0 aromatic rings. The molecule has 0 saturated heterocycles. The number of ketones is 1. The topological polar surface area (TPSA) is 17.1 Å². The van der Waals surface area contributed by atoms with E-state index < -0.39 is 0 Å². The van der Waals surface area contributed by atoms with E-state index in [9.17, 15) is 4.79 Å². The Balaban J connectivity index is 2.30. The second-order valence-corrected chi connectivity index (χ2v) is 5.15. The third-order valence-corrected chi connectivity index (χ3v) is 4.19. The molecule has 2 aliphatic carbocycles. The first-order valence-electron chi connectivity index (χ1n) is 5.83. The van der Waals surface area contributed by atoms with Crippen LogP contribution in [0.15, 0.2) is 12.2 Å². The van der Waals surface area contributed by atoms with Gasteiger partial charge in [0.2, 0.25) is 0 Å². The average Bonchev–Trinajstić information content (AvgIpc) is 2.53. The maximum absolute atomic E-state index is 11.7. The van der Waals surface area contributed by atoms with E-state index >= 15 is 0 Å². The minimum Gasteiger partial charge on any atom is -0.300 e. The van der Waals surface area contributed by atoms with E-state index in [0.29, 0.717) is 23.0 Å². The zero-order chi connectivity index (χ0) is 10.2. The van der Waals surface area contributed by atoms with Crippen molar-refractivity contribution in [3.63, 3.8) is 0 Å². The highest BCUT2D eigenvalue weighted by molar-refractivity contribution is 5.80. The Kier molecular flexibility index (Phi) is 2.50. The molecule has 0 amide bonds. The molecule has 0 N–H and O–H groups in total. The van der Waals surface area contributed by atoms with Gasteiger partial charge in [-0.2, -0.15) is 0 Å². The van der Waals surface area contributed by atoms with Gasteiger partial charge in [-0.15, -0.1) is 0 Å². The summed E-state index contributed by atoms with van der Waals surface area (Å²) in [6, 6.07) is 0. The normalized spacial score (nSPS) is 35.0. The summed E-state index contributed by atoms with van der Waals surface area (Å²) >= 11 is 0. The van der Waals surface area contributed by atoms with Crippen LogP contribution in [0.4, 0.5) is 0 Å². The Hall–Kier alpha value is -0.590. The minimum atomic E-state index is 0.301. The number of carbonyl (C=O) groups excluding carboxylic acids is 1. The lowest BCUT2D eigenvalue weighted by molar-refractivity contribution is -0.126. The highest BCUT2D eigenvalue weighted by atomic mass is 16.1. The largest absolute Gasteiger partial charge is 0.300 e. The zero-order valence-electron chi connectivity index (χ0n) is 9.25. The molecule has 2 atom stereocenters. The summed E-state index contributed by atoms with van der Waals surface area (Å²) in [5, 5.41) is 0. The highest BCUT2D eigenvalue weighted by Gasteiger charge is 2.45. The molecular weight excluding hydrogens is 172 g/mol. The Labute approximate surface area is 86.6 Å². The van der Waals surface area contributed by atoms with Crippen LogP contribution in [0.1, 0.15) is 46.0 Å². The maximum Gasteiger partial charge on any atom is 0.134 e. The lowest BCUT2D eigenvalue weighted by Crippen LogP contribution is -2.38. The van der Waals surface area contributed by atoms with Gasteiger partial charge in [0.25, 0.3) is 0 Å². The van der Waals surface area contributed by atoms with Gasteiger partial charge in [0.05, 0.1) is 0 Å². The summed E-state index contributed by atoms with van der Waals surface area (Å²) in [7, 11) is 0. The summed E-state index contributed by atoms with van der Waals surface area (Å²) in [4.78, 5) is 11.7. The molecule has 1 spiro atoms. The standard InChI is InChI=1S/C13H20O/c1-10-6-5-9-13(7-3-4-8-13)12(10)11(2)14/h5-6,10,12H,3-4,7-9H2,1-2H3/t10-,12+/m1/s1. The van der Waals surface area contributed by atoms with Crippen LogP contribution < -0.4 is 0 Å². The molecule has 1 fully saturated rings. The summed E-state index contributed by atoms with van der Waals surface area (Å²) in [5.41, 5.74) is 0.347. The molecule has 2 aliphatic rings. The first-order valence-corrected chi connectivity index (χ1v) is 5.83. The first kappa shape index (κ1) is 9.95. The van der Waals surface area contributed by atoms with E-state index in [1.807, 2.05) is 0 Å². The second-order valence-electron chi connectivity index (χ2n) is 5.15. The summed E-state index contributed by atoms with van der Waals surface area (Å²) < 4.78 is 0. The molecule has 0 aromatic carbocycles. The number of rotatable bonds is 1. The Morgan fingerprint density at radius 3 is 2.57 bits per heavy atom. The highest BCUT2D eigenvalue weighted by Crippen LogP contribution is 2.52. The fourth-order valence-electron chi connectivity index (χ4n) is 3.71. The van der Waals surface area contributed by atoms with Crippen LogP contribution in [0.5, 0.6) is 0 Å². The van der Waals surface area contributed by atoms with Gasteiger partial charge in [-0.25, -0.2) is 0 Å². The molecule has 0 radical (unpaired) electrons. The van der Waals surface area contributed by atoms with E-state index in [-0.39, 0.29) is 0 Å². The quantitative estimate of drug-likeness (QED) is 0.582. The van der Waals surface area contributed by atoms with Gasteiger partial charge in [0, 0.05) is 5.92 Å². The molecule has 1 nitrogen and oxygen atoms in total. The van der Waals surface area contributed by atoms with Gasteiger partial charge in [-0.3, -0.25) is 4.79 Å². The van der Waals surface area contributed by atoms with Gasteiger partial charge in [-0.1, -0.05) is 31.9 Å². The van der Waals surface area contributed by atoms with Crippen LogP contribution in [0, 0.1) is 17.3 Å². The molecule has 2 rings (SSSR count). The zero-order valence-corrected chi connectivity index (χ0v) is 9.25.